The van der Waals surface area contributed by atoms with Crippen LogP contribution in [0.5, 0.6) is 0 Å². The van der Waals surface area contributed by atoms with E-state index in [4.69, 9.17) is 0 Å². The fourth-order valence-corrected chi connectivity index (χ4v) is 3.66. The third-order valence-corrected chi connectivity index (χ3v) is 5.09. The zero-order chi connectivity index (χ0) is 20.4. The number of anilines is 1. The number of carbonyl (C=O) groups excluding carboxylic acids is 2. The lowest BCUT2D eigenvalue weighted by Gasteiger charge is -2.17. The summed E-state index contributed by atoms with van der Waals surface area (Å²) in [5, 5.41) is 6.81. The van der Waals surface area contributed by atoms with Crippen molar-refractivity contribution in [2.75, 3.05) is 11.9 Å². The first-order chi connectivity index (χ1) is 14.0. The standard InChI is InChI=1S/C22H25N5O2/c1-14(2)13-24-22(29)20-26-19(17-10-3-4-12-27(17)20)21(28)25-16-9-5-7-15-8-6-11-23-18(15)16/h5-9,11,14H,3-4,10,12-13H2,1-2H3,(H,24,29)(H,25,28). The predicted molar refractivity (Wildman–Crippen MR) is 112 cm³/mol. The van der Waals surface area contributed by atoms with Crippen LogP contribution in [0, 0.1) is 5.92 Å². The molecule has 0 radical (unpaired) electrons. The summed E-state index contributed by atoms with van der Waals surface area (Å²) in [5.74, 6) is 0.127. The van der Waals surface area contributed by atoms with Crippen molar-refractivity contribution < 1.29 is 9.59 Å². The minimum Gasteiger partial charge on any atom is -0.349 e. The van der Waals surface area contributed by atoms with Gasteiger partial charge in [0.05, 0.1) is 16.9 Å². The molecule has 7 heteroatoms. The second kappa shape index (κ2) is 8.03. The third-order valence-electron chi connectivity index (χ3n) is 5.09. The average Bonchev–Trinajstić information content (AvgIpc) is 3.12. The number of nitrogens with one attached hydrogen (secondary N) is 2. The Hall–Kier alpha value is -3.22. The Balaban J connectivity index is 1.65. The molecule has 1 aromatic carbocycles. The Bertz CT molecular complexity index is 1060. The first kappa shape index (κ1) is 19.1. The molecule has 2 amide bonds. The van der Waals surface area contributed by atoms with E-state index in [9.17, 15) is 9.59 Å². The van der Waals surface area contributed by atoms with Gasteiger partial charge in [0.2, 0.25) is 0 Å². The van der Waals surface area contributed by atoms with Crippen molar-refractivity contribution >= 4 is 28.4 Å². The van der Waals surface area contributed by atoms with Crippen LogP contribution >= 0.6 is 0 Å². The minimum atomic E-state index is -0.309. The van der Waals surface area contributed by atoms with E-state index in [-0.39, 0.29) is 11.8 Å². The van der Waals surface area contributed by atoms with Gasteiger partial charge in [0, 0.05) is 24.7 Å². The average molecular weight is 391 g/mol. The Morgan fingerprint density at radius 2 is 1.97 bits per heavy atom. The number of pyridine rings is 1. The molecule has 7 nitrogen and oxygen atoms in total. The van der Waals surface area contributed by atoms with Crippen molar-refractivity contribution in [3.63, 3.8) is 0 Å². The first-order valence-corrected chi connectivity index (χ1v) is 10.1. The van der Waals surface area contributed by atoms with Crippen LogP contribution in [0.15, 0.2) is 36.5 Å². The van der Waals surface area contributed by atoms with Gasteiger partial charge in [0.15, 0.2) is 11.5 Å². The number of amides is 2. The Kier molecular flexibility index (Phi) is 5.29. The molecule has 0 bridgehead atoms. The molecule has 3 aromatic rings. The molecular weight excluding hydrogens is 366 g/mol. The van der Waals surface area contributed by atoms with Gasteiger partial charge in [-0.2, -0.15) is 0 Å². The van der Waals surface area contributed by atoms with Crippen molar-refractivity contribution in [1.29, 1.82) is 0 Å². The lowest BCUT2D eigenvalue weighted by Crippen LogP contribution is -2.30. The molecule has 0 unspecified atom stereocenters. The summed E-state index contributed by atoms with van der Waals surface area (Å²) >= 11 is 0. The Morgan fingerprint density at radius 3 is 2.79 bits per heavy atom. The van der Waals surface area contributed by atoms with Crippen molar-refractivity contribution in [3.05, 3.63) is 53.7 Å². The molecule has 0 fully saturated rings. The van der Waals surface area contributed by atoms with E-state index in [0.29, 0.717) is 36.2 Å². The Labute approximate surface area is 169 Å². The largest absolute Gasteiger partial charge is 0.349 e. The van der Waals surface area contributed by atoms with Gasteiger partial charge in [-0.25, -0.2) is 4.98 Å². The van der Waals surface area contributed by atoms with E-state index in [1.54, 1.807) is 6.20 Å². The second-order valence-corrected chi connectivity index (χ2v) is 7.78. The maximum Gasteiger partial charge on any atom is 0.287 e. The third kappa shape index (κ3) is 3.85. The maximum atomic E-state index is 13.1. The van der Waals surface area contributed by atoms with Gasteiger partial charge in [0.1, 0.15) is 0 Å². The lowest BCUT2D eigenvalue weighted by atomic mass is 10.1. The number of hydrogen-bond donors (Lipinski definition) is 2. The predicted octanol–water partition coefficient (Wildman–Crippen LogP) is 3.41. The van der Waals surface area contributed by atoms with Crippen LogP contribution in [0.25, 0.3) is 10.9 Å². The highest BCUT2D eigenvalue weighted by Gasteiger charge is 2.27. The van der Waals surface area contributed by atoms with Gasteiger partial charge in [-0.05, 0) is 37.3 Å². The van der Waals surface area contributed by atoms with E-state index in [1.165, 1.54) is 0 Å². The quantitative estimate of drug-likeness (QED) is 0.698. The van der Waals surface area contributed by atoms with E-state index < -0.39 is 0 Å². The first-order valence-electron chi connectivity index (χ1n) is 10.1. The molecule has 0 saturated carbocycles. The van der Waals surface area contributed by atoms with Crippen LogP contribution in [0.1, 0.15) is 53.5 Å². The molecule has 3 heterocycles. The number of nitrogens with zero attached hydrogens (tertiary/aromatic N) is 3. The van der Waals surface area contributed by atoms with E-state index in [0.717, 1.165) is 35.9 Å². The highest BCUT2D eigenvalue weighted by molar-refractivity contribution is 6.08. The summed E-state index contributed by atoms with van der Waals surface area (Å²) in [6.07, 6.45) is 4.39. The fourth-order valence-electron chi connectivity index (χ4n) is 3.66. The monoisotopic (exact) mass is 391 g/mol. The minimum absolute atomic E-state index is 0.229. The number of rotatable bonds is 5. The summed E-state index contributed by atoms with van der Waals surface area (Å²) in [6.45, 7) is 5.36. The molecule has 0 atom stereocenters. The molecule has 0 aliphatic carbocycles. The molecule has 4 rings (SSSR count). The van der Waals surface area contributed by atoms with Crippen LogP contribution < -0.4 is 10.6 Å². The molecule has 2 N–H and O–H groups in total. The van der Waals surface area contributed by atoms with Crippen molar-refractivity contribution in [2.45, 2.75) is 39.7 Å². The molecular formula is C22H25N5O2. The zero-order valence-electron chi connectivity index (χ0n) is 16.7. The summed E-state index contributed by atoms with van der Waals surface area (Å²) in [4.78, 5) is 34.6. The topological polar surface area (TPSA) is 88.9 Å². The maximum absolute atomic E-state index is 13.1. The van der Waals surface area contributed by atoms with Gasteiger partial charge >= 0.3 is 0 Å². The summed E-state index contributed by atoms with van der Waals surface area (Å²) < 4.78 is 1.90. The van der Waals surface area contributed by atoms with E-state index in [1.807, 2.05) is 48.7 Å². The molecule has 0 spiro atoms. The number of imidazole rings is 1. The van der Waals surface area contributed by atoms with Gasteiger partial charge in [-0.1, -0.05) is 32.0 Å². The smallest absolute Gasteiger partial charge is 0.287 e. The molecule has 1 aliphatic rings. The van der Waals surface area contributed by atoms with Crippen molar-refractivity contribution in [3.8, 4) is 0 Å². The lowest BCUT2D eigenvalue weighted by molar-refractivity contribution is 0.0933. The molecule has 1 aliphatic heterocycles. The van der Waals surface area contributed by atoms with Crippen molar-refractivity contribution in [1.82, 2.24) is 19.9 Å². The van der Waals surface area contributed by atoms with E-state index in [2.05, 4.69) is 20.6 Å². The van der Waals surface area contributed by atoms with Crippen LogP contribution in [-0.4, -0.2) is 32.9 Å². The molecule has 150 valence electrons. The summed E-state index contributed by atoms with van der Waals surface area (Å²) in [6, 6.07) is 9.47. The van der Waals surface area contributed by atoms with Crippen LogP contribution in [0.2, 0.25) is 0 Å². The van der Waals surface area contributed by atoms with Crippen LogP contribution in [-0.2, 0) is 13.0 Å². The normalized spacial score (nSPS) is 13.3. The number of benzene rings is 1. The SMILES string of the molecule is CC(C)CNC(=O)c1nc(C(=O)Nc2cccc3cccnc23)c2n1CCCC2. The van der Waals surface area contributed by atoms with E-state index >= 15 is 0 Å². The number of hydrogen-bond acceptors (Lipinski definition) is 4. The summed E-state index contributed by atoms with van der Waals surface area (Å²) in [7, 11) is 0. The highest BCUT2D eigenvalue weighted by Crippen LogP contribution is 2.24. The molecule has 2 aromatic heterocycles. The second-order valence-electron chi connectivity index (χ2n) is 7.78. The molecule has 0 saturated heterocycles. The number of fused-ring (bicyclic) bond motifs is 2. The zero-order valence-corrected chi connectivity index (χ0v) is 16.7. The van der Waals surface area contributed by atoms with Crippen molar-refractivity contribution in [2.24, 2.45) is 5.92 Å². The van der Waals surface area contributed by atoms with Gasteiger partial charge in [-0.15, -0.1) is 0 Å². The highest BCUT2D eigenvalue weighted by atomic mass is 16.2. The molecule has 29 heavy (non-hydrogen) atoms. The van der Waals surface area contributed by atoms with Gasteiger partial charge in [0.25, 0.3) is 11.8 Å². The number of para-hydroxylation sites is 1. The summed E-state index contributed by atoms with van der Waals surface area (Å²) in [5.41, 5.74) is 2.52. The van der Waals surface area contributed by atoms with Gasteiger partial charge < -0.3 is 15.2 Å². The van der Waals surface area contributed by atoms with Crippen LogP contribution in [0.3, 0.4) is 0 Å². The fraction of sp³-hybridized carbons (Fsp3) is 0.364. The number of aromatic nitrogens is 3. The van der Waals surface area contributed by atoms with Gasteiger partial charge in [-0.3, -0.25) is 14.6 Å². The van der Waals surface area contributed by atoms with Crippen LogP contribution in [0.4, 0.5) is 5.69 Å². The Morgan fingerprint density at radius 1 is 1.14 bits per heavy atom. The number of carbonyl (C=O) groups is 2.